The number of aryl methyl sites for hydroxylation is 1. The molecule has 1 N–H and O–H groups in total. The van der Waals surface area contributed by atoms with E-state index in [2.05, 4.69) is 17.3 Å². The van der Waals surface area contributed by atoms with Gasteiger partial charge in [-0.25, -0.2) is 0 Å². The molecule has 0 radical (unpaired) electrons. The highest BCUT2D eigenvalue weighted by Gasteiger charge is 2.21. The van der Waals surface area contributed by atoms with Crippen molar-refractivity contribution in [2.45, 2.75) is 19.4 Å². The molecule has 6 heteroatoms. The van der Waals surface area contributed by atoms with Crippen LogP contribution < -0.4 is 5.32 Å². The lowest BCUT2D eigenvalue weighted by atomic mass is 10.0. The van der Waals surface area contributed by atoms with Crippen LogP contribution in [0.5, 0.6) is 0 Å². The van der Waals surface area contributed by atoms with Crippen LogP contribution in [0.15, 0.2) is 24.4 Å². The van der Waals surface area contributed by atoms with E-state index >= 15 is 0 Å². The third kappa shape index (κ3) is 3.47. The summed E-state index contributed by atoms with van der Waals surface area (Å²) in [5.74, 6) is 0. The number of hydrogen-bond donors (Lipinski definition) is 1. The molecule has 2 rings (SSSR count). The van der Waals surface area contributed by atoms with Gasteiger partial charge in [0.2, 0.25) is 0 Å². The van der Waals surface area contributed by atoms with Gasteiger partial charge in [0.15, 0.2) is 0 Å². The molecule has 1 heterocycles. The monoisotopic (exact) mass is 331 g/mol. The van der Waals surface area contributed by atoms with Gasteiger partial charge in [0.1, 0.15) is 0 Å². The molecule has 0 saturated heterocycles. The number of halogens is 3. The molecule has 1 aromatic carbocycles. The second kappa shape index (κ2) is 6.81. The Bertz CT molecular complexity index is 556. The minimum atomic E-state index is -0.0915. The minimum absolute atomic E-state index is 0.0915. The zero-order valence-electron chi connectivity index (χ0n) is 11.3. The SMILES string of the molecule is CCCNC(c1cc(Cl)cc(Cl)c1)c1c(Cl)cnn1C. The summed E-state index contributed by atoms with van der Waals surface area (Å²) in [7, 11) is 1.87. The second-order valence-corrected chi connectivity index (χ2v) is 5.87. The normalized spacial score (nSPS) is 12.7. The molecule has 2 aromatic rings. The molecule has 1 atom stereocenters. The molecule has 0 fully saturated rings. The molecule has 1 unspecified atom stereocenters. The molecule has 0 bridgehead atoms. The van der Waals surface area contributed by atoms with E-state index in [1.54, 1.807) is 16.9 Å². The first-order valence-corrected chi connectivity index (χ1v) is 7.53. The summed E-state index contributed by atoms with van der Waals surface area (Å²) in [5.41, 5.74) is 1.87. The van der Waals surface area contributed by atoms with E-state index in [1.807, 2.05) is 19.2 Å². The van der Waals surface area contributed by atoms with Gasteiger partial charge < -0.3 is 5.32 Å². The highest BCUT2D eigenvalue weighted by molar-refractivity contribution is 6.34. The van der Waals surface area contributed by atoms with E-state index in [9.17, 15) is 0 Å². The highest BCUT2D eigenvalue weighted by atomic mass is 35.5. The Hall–Kier alpha value is -0.740. The van der Waals surface area contributed by atoms with Crippen molar-refractivity contribution in [3.05, 3.63) is 50.7 Å². The van der Waals surface area contributed by atoms with Crippen LogP contribution in [-0.2, 0) is 7.05 Å². The molecule has 0 spiro atoms. The zero-order chi connectivity index (χ0) is 14.7. The van der Waals surface area contributed by atoms with Gasteiger partial charge >= 0.3 is 0 Å². The standard InChI is InChI=1S/C14H16Cl3N3/c1-3-4-18-13(14-12(17)8-19-20(14)2)9-5-10(15)7-11(16)6-9/h5-8,13,18H,3-4H2,1-2H3. The molecule has 1 aromatic heterocycles. The predicted octanol–water partition coefficient (Wildman–Crippen LogP) is 4.47. The Morgan fingerprint density at radius 3 is 2.35 bits per heavy atom. The van der Waals surface area contributed by atoms with Crippen molar-refractivity contribution >= 4 is 34.8 Å². The lowest BCUT2D eigenvalue weighted by molar-refractivity contribution is 0.554. The number of aromatic nitrogens is 2. The molecule has 20 heavy (non-hydrogen) atoms. The van der Waals surface area contributed by atoms with E-state index in [-0.39, 0.29) is 6.04 Å². The zero-order valence-corrected chi connectivity index (χ0v) is 13.6. The van der Waals surface area contributed by atoms with Crippen molar-refractivity contribution in [2.24, 2.45) is 7.05 Å². The number of rotatable bonds is 5. The Labute approximate surface area is 133 Å². The molecule has 0 aliphatic carbocycles. The first kappa shape index (κ1) is 15.6. The molecule has 0 saturated carbocycles. The van der Waals surface area contributed by atoms with Crippen molar-refractivity contribution < 1.29 is 0 Å². The van der Waals surface area contributed by atoms with Crippen molar-refractivity contribution in [1.29, 1.82) is 0 Å². The summed E-state index contributed by atoms with van der Waals surface area (Å²) in [6.07, 6.45) is 2.66. The third-order valence-corrected chi connectivity index (χ3v) is 3.76. The average Bonchev–Trinajstić information content (AvgIpc) is 2.70. The van der Waals surface area contributed by atoms with Crippen LogP contribution in [0.1, 0.15) is 30.6 Å². The smallest absolute Gasteiger partial charge is 0.0837 e. The van der Waals surface area contributed by atoms with Gasteiger partial charge in [-0.2, -0.15) is 5.10 Å². The van der Waals surface area contributed by atoms with Crippen LogP contribution in [0.2, 0.25) is 15.1 Å². The van der Waals surface area contributed by atoms with Gasteiger partial charge in [0, 0.05) is 17.1 Å². The van der Waals surface area contributed by atoms with Gasteiger partial charge in [-0.3, -0.25) is 4.68 Å². The van der Waals surface area contributed by atoms with Gasteiger partial charge in [-0.05, 0) is 36.7 Å². The molecular weight excluding hydrogens is 317 g/mol. The minimum Gasteiger partial charge on any atom is -0.305 e. The van der Waals surface area contributed by atoms with Gasteiger partial charge in [0.25, 0.3) is 0 Å². The van der Waals surface area contributed by atoms with E-state index in [1.165, 1.54) is 0 Å². The summed E-state index contributed by atoms with van der Waals surface area (Å²) < 4.78 is 1.77. The van der Waals surface area contributed by atoms with Crippen molar-refractivity contribution in [2.75, 3.05) is 6.54 Å². The largest absolute Gasteiger partial charge is 0.305 e. The van der Waals surface area contributed by atoms with Crippen molar-refractivity contribution in [3.8, 4) is 0 Å². The second-order valence-electron chi connectivity index (χ2n) is 4.59. The van der Waals surface area contributed by atoms with E-state index < -0.39 is 0 Å². The van der Waals surface area contributed by atoms with Crippen molar-refractivity contribution in [1.82, 2.24) is 15.1 Å². The van der Waals surface area contributed by atoms with Crippen LogP contribution in [-0.4, -0.2) is 16.3 Å². The molecule has 0 aliphatic rings. The summed E-state index contributed by atoms with van der Waals surface area (Å²) in [4.78, 5) is 0. The van der Waals surface area contributed by atoms with Crippen LogP contribution in [0.3, 0.4) is 0 Å². The maximum atomic E-state index is 6.26. The van der Waals surface area contributed by atoms with Gasteiger partial charge in [-0.15, -0.1) is 0 Å². The summed E-state index contributed by atoms with van der Waals surface area (Å²) in [6, 6.07) is 5.41. The van der Waals surface area contributed by atoms with Crippen LogP contribution >= 0.6 is 34.8 Å². The number of hydrogen-bond acceptors (Lipinski definition) is 2. The summed E-state index contributed by atoms with van der Waals surface area (Å²) in [5, 5.41) is 9.49. The molecule has 0 aliphatic heterocycles. The topological polar surface area (TPSA) is 29.9 Å². The fourth-order valence-electron chi connectivity index (χ4n) is 2.15. The average molecular weight is 333 g/mol. The number of nitrogens with one attached hydrogen (secondary N) is 1. The summed E-state index contributed by atoms with van der Waals surface area (Å²) >= 11 is 18.5. The predicted molar refractivity (Wildman–Crippen MR) is 84.8 cm³/mol. The molecule has 0 amide bonds. The maximum Gasteiger partial charge on any atom is 0.0837 e. The van der Waals surface area contributed by atoms with Crippen LogP contribution in [0.25, 0.3) is 0 Å². The maximum absolute atomic E-state index is 6.26. The Morgan fingerprint density at radius 1 is 1.20 bits per heavy atom. The Kier molecular flexibility index (Phi) is 5.33. The fraction of sp³-hybridized carbons (Fsp3) is 0.357. The van der Waals surface area contributed by atoms with Gasteiger partial charge in [-0.1, -0.05) is 41.7 Å². The fourth-order valence-corrected chi connectivity index (χ4v) is 2.97. The summed E-state index contributed by atoms with van der Waals surface area (Å²) in [6.45, 7) is 2.97. The first-order valence-electron chi connectivity index (χ1n) is 6.39. The highest BCUT2D eigenvalue weighted by Crippen LogP contribution is 2.31. The number of nitrogens with zero attached hydrogens (tertiary/aromatic N) is 2. The lowest BCUT2D eigenvalue weighted by Gasteiger charge is -2.20. The quantitative estimate of drug-likeness (QED) is 0.875. The van der Waals surface area contributed by atoms with Crippen molar-refractivity contribution in [3.63, 3.8) is 0 Å². The molecule has 3 nitrogen and oxygen atoms in total. The van der Waals surface area contributed by atoms with E-state index in [0.29, 0.717) is 15.1 Å². The molecule has 108 valence electrons. The van der Waals surface area contributed by atoms with Gasteiger partial charge in [0.05, 0.1) is 23.0 Å². The van der Waals surface area contributed by atoms with E-state index in [4.69, 9.17) is 34.8 Å². The lowest BCUT2D eigenvalue weighted by Crippen LogP contribution is -2.25. The van der Waals surface area contributed by atoms with Crippen LogP contribution in [0, 0.1) is 0 Å². The first-order chi connectivity index (χ1) is 9.52. The molecular formula is C14H16Cl3N3. The Morgan fingerprint density at radius 2 is 1.85 bits per heavy atom. The Balaban J connectivity index is 2.47. The third-order valence-electron chi connectivity index (χ3n) is 3.03. The van der Waals surface area contributed by atoms with Crippen LogP contribution in [0.4, 0.5) is 0 Å². The van der Waals surface area contributed by atoms with E-state index in [0.717, 1.165) is 24.2 Å². The number of benzene rings is 1.